The predicted molar refractivity (Wildman–Crippen MR) is 101 cm³/mol. The van der Waals surface area contributed by atoms with Gasteiger partial charge in [0, 0.05) is 17.8 Å². The first-order chi connectivity index (χ1) is 12.9. The number of rotatable bonds is 5. The van der Waals surface area contributed by atoms with E-state index < -0.39 is 0 Å². The zero-order chi connectivity index (χ0) is 19.6. The van der Waals surface area contributed by atoms with Crippen LogP contribution in [-0.4, -0.2) is 41.5 Å². The maximum Gasteiger partial charge on any atom is 0.254 e. The van der Waals surface area contributed by atoms with Crippen LogP contribution in [0.1, 0.15) is 41.5 Å². The van der Waals surface area contributed by atoms with Crippen LogP contribution in [-0.2, 0) is 11.2 Å². The number of nitrogens with one attached hydrogen (secondary N) is 1. The van der Waals surface area contributed by atoms with Gasteiger partial charge in [-0.3, -0.25) is 9.59 Å². The molecule has 1 aromatic heterocycles. The van der Waals surface area contributed by atoms with Crippen molar-refractivity contribution in [1.82, 2.24) is 14.9 Å². The molecule has 0 aliphatic carbocycles. The van der Waals surface area contributed by atoms with Crippen molar-refractivity contribution in [2.24, 2.45) is 0 Å². The fraction of sp³-hybridized carbons (Fsp3) is 0.450. The first-order valence-electron chi connectivity index (χ1n) is 9.02. The molecule has 1 fully saturated rings. The lowest BCUT2D eigenvalue weighted by Crippen LogP contribution is -2.34. The number of ether oxygens (including phenoxy) is 2. The van der Waals surface area contributed by atoms with Crippen LogP contribution in [0, 0.1) is 13.8 Å². The van der Waals surface area contributed by atoms with Gasteiger partial charge in [-0.15, -0.1) is 0 Å². The maximum atomic E-state index is 12.9. The number of hydrogen-bond donors (Lipinski definition) is 1. The van der Waals surface area contributed by atoms with Gasteiger partial charge in [0.2, 0.25) is 5.91 Å². The van der Waals surface area contributed by atoms with Crippen molar-refractivity contribution in [3.05, 3.63) is 51.2 Å². The van der Waals surface area contributed by atoms with E-state index in [2.05, 4.69) is 9.97 Å². The molecule has 0 spiro atoms. The lowest BCUT2D eigenvalue weighted by atomic mass is 10.1. The van der Waals surface area contributed by atoms with E-state index in [0.29, 0.717) is 35.1 Å². The molecule has 144 valence electrons. The van der Waals surface area contributed by atoms with Crippen molar-refractivity contribution in [2.45, 2.75) is 39.2 Å². The van der Waals surface area contributed by atoms with Gasteiger partial charge in [0.15, 0.2) is 11.5 Å². The Bertz CT molecular complexity index is 907. The molecule has 3 rings (SSSR count). The van der Waals surface area contributed by atoms with Crippen LogP contribution < -0.4 is 15.0 Å². The molecule has 1 atom stereocenters. The second-order valence-electron chi connectivity index (χ2n) is 6.77. The minimum atomic E-state index is -0.190. The largest absolute Gasteiger partial charge is 0.493 e. The summed E-state index contributed by atoms with van der Waals surface area (Å²) in [6, 6.07) is 5.29. The number of hydrogen-bond acceptors (Lipinski definition) is 5. The molecular weight excluding hydrogens is 346 g/mol. The number of methoxy groups -OCH3 is 2. The number of carbonyl (C=O) groups excluding carboxylic acids is 1. The zero-order valence-corrected chi connectivity index (χ0v) is 16.2. The molecule has 1 unspecified atom stereocenters. The molecular formula is C20H25N3O4. The van der Waals surface area contributed by atoms with Crippen LogP contribution in [0.5, 0.6) is 11.5 Å². The number of likely N-dealkylation sites (tertiary alicyclic amines) is 1. The summed E-state index contributed by atoms with van der Waals surface area (Å²) in [5, 5.41) is 0. The quantitative estimate of drug-likeness (QED) is 0.872. The van der Waals surface area contributed by atoms with Crippen molar-refractivity contribution in [3.8, 4) is 11.5 Å². The summed E-state index contributed by atoms with van der Waals surface area (Å²) in [6.07, 6.45) is 1.94. The van der Waals surface area contributed by atoms with E-state index in [9.17, 15) is 9.59 Å². The van der Waals surface area contributed by atoms with E-state index in [1.54, 1.807) is 27.2 Å². The third kappa shape index (κ3) is 3.82. The standard InChI is InChI=1S/C20H25N3O4/c1-12-13(2)21-19(22-20(12)25)15-6-5-9-23(15)18(24)11-14-7-8-16(26-3)17(10-14)27-4/h7-8,10,15H,5-6,9,11H2,1-4H3,(H,21,22,25). The minimum absolute atomic E-state index is 0.00518. The Kier molecular flexibility index (Phi) is 5.48. The fourth-order valence-corrected chi connectivity index (χ4v) is 3.44. The van der Waals surface area contributed by atoms with Crippen LogP contribution in [0.4, 0.5) is 0 Å². The number of amides is 1. The Morgan fingerprint density at radius 3 is 2.67 bits per heavy atom. The van der Waals surface area contributed by atoms with Crippen LogP contribution in [0.15, 0.2) is 23.0 Å². The Balaban J connectivity index is 1.81. The van der Waals surface area contributed by atoms with Gasteiger partial charge < -0.3 is 19.4 Å². The molecule has 0 bridgehead atoms. The Morgan fingerprint density at radius 2 is 2.00 bits per heavy atom. The SMILES string of the molecule is COc1ccc(CC(=O)N2CCCC2c2nc(C)c(C)c(=O)[nH]2)cc1OC. The molecule has 1 aromatic carbocycles. The molecule has 0 saturated carbocycles. The molecule has 1 saturated heterocycles. The lowest BCUT2D eigenvalue weighted by molar-refractivity contribution is -0.131. The summed E-state index contributed by atoms with van der Waals surface area (Å²) in [5.41, 5.74) is 2.02. The molecule has 1 N–H and O–H groups in total. The molecule has 0 radical (unpaired) electrons. The zero-order valence-electron chi connectivity index (χ0n) is 16.2. The molecule has 1 aliphatic rings. The van der Waals surface area contributed by atoms with Crippen LogP contribution in [0.2, 0.25) is 0 Å². The summed E-state index contributed by atoms with van der Waals surface area (Å²) in [6.45, 7) is 4.23. The highest BCUT2D eigenvalue weighted by Crippen LogP contribution is 2.31. The average molecular weight is 371 g/mol. The molecule has 2 aromatic rings. The summed E-state index contributed by atoms with van der Waals surface area (Å²) >= 11 is 0. The van der Waals surface area contributed by atoms with Gasteiger partial charge >= 0.3 is 0 Å². The van der Waals surface area contributed by atoms with Gasteiger partial charge in [-0.2, -0.15) is 0 Å². The second-order valence-corrected chi connectivity index (χ2v) is 6.77. The molecule has 7 heteroatoms. The van der Waals surface area contributed by atoms with Gasteiger partial charge in [0.1, 0.15) is 5.82 Å². The topological polar surface area (TPSA) is 84.5 Å². The van der Waals surface area contributed by atoms with Crippen LogP contribution in [0.25, 0.3) is 0 Å². The highest BCUT2D eigenvalue weighted by atomic mass is 16.5. The Morgan fingerprint density at radius 1 is 1.26 bits per heavy atom. The third-order valence-corrected chi connectivity index (χ3v) is 5.11. The first kappa shape index (κ1) is 18.9. The average Bonchev–Trinajstić information content (AvgIpc) is 3.15. The number of carbonyl (C=O) groups is 1. The van der Waals surface area contributed by atoms with Gasteiger partial charge in [0.05, 0.1) is 26.7 Å². The number of aromatic nitrogens is 2. The van der Waals surface area contributed by atoms with E-state index >= 15 is 0 Å². The first-order valence-corrected chi connectivity index (χ1v) is 9.02. The molecule has 2 heterocycles. The maximum absolute atomic E-state index is 12.9. The number of aryl methyl sites for hydroxylation is 1. The lowest BCUT2D eigenvalue weighted by Gasteiger charge is -2.24. The summed E-state index contributed by atoms with van der Waals surface area (Å²) in [4.78, 5) is 34.2. The van der Waals surface area contributed by atoms with Crippen molar-refractivity contribution < 1.29 is 14.3 Å². The highest BCUT2D eigenvalue weighted by molar-refractivity contribution is 5.79. The smallest absolute Gasteiger partial charge is 0.254 e. The van der Waals surface area contributed by atoms with Crippen molar-refractivity contribution in [2.75, 3.05) is 20.8 Å². The summed E-state index contributed by atoms with van der Waals surface area (Å²) in [5.74, 6) is 1.80. The summed E-state index contributed by atoms with van der Waals surface area (Å²) in [7, 11) is 3.15. The third-order valence-electron chi connectivity index (χ3n) is 5.11. The molecule has 1 amide bonds. The predicted octanol–water partition coefficient (Wildman–Crippen LogP) is 2.31. The number of aromatic amines is 1. The van der Waals surface area contributed by atoms with Crippen LogP contribution >= 0.6 is 0 Å². The summed E-state index contributed by atoms with van der Waals surface area (Å²) < 4.78 is 10.6. The van der Waals surface area contributed by atoms with E-state index in [1.807, 2.05) is 24.0 Å². The van der Waals surface area contributed by atoms with Gasteiger partial charge in [-0.25, -0.2) is 4.98 Å². The van der Waals surface area contributed by atoms with E-state index in [4.69, 9.17) is 9.47 Å². The van der Waals surface area contributed by atoms with E-state index in [0.717, 1.165) is 18.4 Å². The van der Waals surface area contributed by atoms with E-state index in [-0.39, 0.29) is 23.9 Å². The molecule has 7 nitrogen and oxygen atoms in total. The van der Waals surface area contributed by atoms with Crippen LogP contribution in [0.3, 0.4) is 0 Å². The monoisotopic (exact) mass is 371 g/mol. The highest BCUT2D eigenvalue weighted by Gasteiger charge is 2.32. The van der Waals surface area contributed by atoms with Gasteiger partial charge in [-0.1, -0.05) is 6.07 Å². The minimum Gasteiger partial charge on any atom is -0.493 e. The number of H-pyrrole nitrogens is 1. The van der Waals surface area contributed by atoms with Gasteiger partial charge in [0.25, 0.3) is 5.56 Å². The number of benzene rings is 1. The van der Waals surface area contributed by atoms with Crippen molar-refractivity contribution >= 4 is 5.91 Å². The second kappa shape index (κ2) is 7.82. The molecule has 1 aliphatic heterocycles. The normalized spacial score (nSPS) is 16.4. The van der Waals surface area contributed by atoms with Crippen molar-refractivity contribution in [1.29, 1.82) is 0 Å². The Hall–Kier alpha value is -2.83. The van der Waals surface area contributed by atoms with Crippen molar-refractivity contribution in [3.63, 3.8) is 0 Å². The molecule has 27 heavy (non-hydrogen) atoms. The van der Waals surface area contributed by atoms with Gasteiger partial charge in [-0.05, 0) is 44.4 Å². The Labute approximate surface area is 158 Å². The van der Waals surface area contributed by atoms with E-state index in [1.165, 1.54) is 0 Å². The fourth-order valence-electron chi connectivity index (χ4n) is 3.44. The number of nitrogens with zero attached hydrogens (tertiary/aromatic N) is 2.